The molecule has 0 fully saturated rings. The van der Waals surface area contributed by atoms with Crippen molar-refractivity contribution >= 4 is 16.9 Å². The molecule has 11 heavy (non-hydrogen) atoms. The molecule has 0 aliphatic rings. The van der Waals surface area contributed by atoms with Gasteiger partial charge in [-0.05, 0) is 12.8 Å². The SMILES string of the molecule is [CH2]CCOCCCSC(C)=O. The lowest BCUT2D eigenvalue weighted by atomic mass is 10.5. The van der Waals surface area contributed by atoms with E-state index in [9.17, 15) is 4.79 Å². The summed E-state index contributed by atoms with van der Waals surface area (Å²) in [7, 11) is 0. The van der Waals surface area contributed by atoms with Gasteiger partial charge >= 0.3 is 0 Å². The predicted molar refractivity (Wildman–Crippen MR) is 48.5 cm³/mol. The summed E-state index contributed by atoms with van der Waals surface area (Å²) in [5.41, 5.74) is 0. The maximum Gasteiger partial charge on any atom is 0.185 e. The maximum absolute atomic E-state index is 10.4. The van der Waals surface area contributed by atoms with Crippen LogP contribution < -0.4 is 0 Å². The Morgan fingerprint density at radius 3 is 2.82 bits per heavy atom. The van der Waals surface area contributed by atoms with Gasteiger partial charge in [0.15, 0.2) is 5.12 Å². The van der Waals surface area contributed by atoms with Crippen LogP contribution in [0.2, 0.25) is 0 Å². The number of carbonyl (C=O) groups excluding carboxylic acids is 1. The minimum Gasteiger partial charge on any atom is -0.381 e. The van der Waals surface area contributed by atoms with E-state index in [1.807, 2.05) is 0 Å². The van der Waals surface area contributed by atoms with E-state index in [1.54, 1.807) is 6.92 Å². The van der Waals surface area contributed by atoms with Crippen molar-refractivity contribution in [2.75, 3.05) is 19.0 Å². The van der Waals surface area contributed by atoms with Gasteiger partial charge in [-0.1, -0.05) is 18.7 Å². The van der Waals surface area contributed by atoms with E-state index < -0.39 is 0 Å². The van der Waals surface area contributed by atoms with Crippen LogP contribution in [0.15, 0.2) is 0 Å². The molecule has 0 saturated carbocycles. The first kappa shape index (κ1) is 11.0. The number of hydrogen-bond acceptors (Lipinski definition) is 3. The summed E-state index contributed by atoms with van der Waals surface area (Å²) in [5, 5.41) is 0.183. The van der Waals surface area contributed by atoms with Crippen molar-refractivity contribution in [3.8, 4) is 0 Å². The lowest BCUT2D eigenvalue weighted by Crippen LogP contribution is -1.97. The van der Waals surface area contributed by atoms with Crippen molar-refractivity contribution in [3.05, 3.63) is 6.92 Å². The Kier molecular flexibility index (Phi) is 8.07. The Morgan fingerprint density at radius 2 is 2.27 bits per heavy atom. The summed E-state index contributed by atoms with van der Waals surface area (Å²) in [6, 6.07) is 0. The van der Waals surface area contributed by atoms with E-state index in [0.717, 1.165) is 31.8 Å². The molecule has 0 amide bonds. The smallest absolute Gasteiger partial charge is 0.185 e. The number of hydrogen-bond donors (Lipinski definition) is 0. The molecule has 0 atom stereocenters. The van der Waals surface area contributed by atoms with Gasteiger partial charge in [-0.15, -0.1) is 0 Å². The van der Waals surface area contributed by atoms with Gasteiger partial charge in [0, 0.05) is 25.9 Å². The second-order valence-corrected chi connectivity index (χ2v) is 3.43. The van der Waals surface area contributed by atoms with Crippen molar-refractivity contribution in [1.29, 1.82) is 0 Å². The summed E-state index contributed by atoms with van der Waals surface area (Å²) in [4.78, 5) is 10.4. The molecule has 0 saturated heterocycles. The lowest BCUT2D eigenvalue weighted by molar-refractivity contribution is -0.109. The Hall–Kier alpha value is -0.0200. The first-order chi connectivity index (χ1) is 5.27. The van der Waals surface area contributed by atoms with Gasteiger partial charge < -0.3 is 4.74 Å². The van der Waals surface area contributed by atoms with Crippen molar-refractivity contribution < 1.29 is 9.53 Å². The van der Waals surface area contributed by atoms with Gasteiger partial charge in [0.05, 0.1) is 0 Å². The topological polar surface area (TPSA) is 26.3 Å². The molecule has 0 spiro atoms. The Balaban J connectivity index is 2.85. The van der Waals surface area contributed by atoms with E-state index in [2.05, 4.69) is 6.92 Å². The van der Waals surface area contributed by atoms with Crippen LogP contribution in [-0.2, 0) is 9.53 Å². The van der Waals surface area contributed by atoms with Gasteiger partial charge in [0.25, 0.3) is 0 Å². The second-order valence-electron chi connectivity index (χ2n) is 2.16. The van der Waals surface area contributed by atoms with Crippen LogP contribution in [0, 0.1) is 6.92 Å². The van der Waals surface area contributed by atoms with Gasteiger partial charge in [-0.25, -0.2) is 0 Å². The molecule has 0 aliphatic carbocycles. The molecular formula is C8H15O2S. The van der Waals surface area contributed by atoms with Gasteiger partial charge in [0.2, 0.25) is 0 Å². The molecule has 0 aliphatic heterocycles. The van der Waals surface area contributed by atoms with Crippen LogP contribution in [0.25, 0.3) is 0 Å². The van der Waals surface area contributed by atoms with E-state index in [-0.39, 0.29) is 5.12 Å². The monoisotopic (exact) mass is 175 g/mol. The quantitative estimate of drug-likeness (QED) is 0.577. The average Bonchev–Trinajstić information content (AvgIpc) is 1.96. The van der Waals surface area contributed by atoms with Crippen LogP contribution in [0.3, 0.4) is 0 Å². The molecule has 0 heterocycles. The predicted octanol–water partition coefficient (Wildman–Crippen LogP) is 1.90. The van der Waals surface area contributed by atoms with Gasteiger partial charge in [0.1, 0.15) is 0 Å². The molecule has 2 nitrogen and oxygen atoms in total. The number of carbonyl (C=O) groups is 1. The van der Waals surface area contributed by atoms with Crippen molar-refractivity contribution in [2.45, 2.75) is 19.8 Å². The first-order valence-electron chi connectivity index (χ1n) is 3.77. The third kappa shape index (κ3) is 9.98. The highest BCUT2D eigenvalue weighted by Crippen LogP contribution is 2.02. The molecular weight excluding hydrogens is 160 g/mol. The molecule has 0 bridgehead atoms. The maximum atomic E-state index is 10.4. The van der Waals surface area contributed by atoms with Gasteiger partial charge in [-0.2, -0.15) is 0 Å². The largest absolute Gasteiger partial charge is 0.381 e. The summed E-state index contributed by atoms with van der Waals surface area (Å²) in [6.07, 6.45) is 1.77. The van der Waals surface area contributed by atoms with E-state index in [1.165, 1.54) is 11.8 Å². The molecule has 3 heteroatoms. The third-order valence-corrected chi connectivity index (χ3v) is 1.93. The van der Waals surface area contributed by atoms with Gasteiger partial charge in [-0.3, -0.25) is 4.79 Å². The minimum atomic E-state index is 0.183. The van der Waals surface area contributed by atoms with Crippen LogP contribution in [0.4, 0.5) is 0 Å². The highest BCUT2D eigenvalue weighted by Gasteiger charge is 1.93. The zero-order valence-electron chi connectivity index (χ0n) is 6.97. The fourth-order valence-electron chi connectivity index (χ4n) is 0.581. The Morgan fingerprint density at radius 1 is 1.55 bits per heavy atom. The molecule has 0 aromatic heterocycles. The minimum absolute atomic E-state index is 0.183. The van der Waals surface area contributed by atoms with E-state index in [0.29, 0.717) is 0 Å². The summed E-state index contributed by atoms with van der Waals surface area (Å²) in [5.74, 6) is 0.868. The first-order valence-corrected chi connectivity index (χ1v) is 4.76. The molecule has 0 N–H and O–H groups in total. The van der Waals surface area contributed by atoms with E-state index in [4.69, 9.17) is 4.74 Å². The third-order valence-electron chi connectivity index (χ3n) is 1.03. The van der Waals surface area contributed by atoms with Crippen molar-refractivity contribution in [2.24, 2.45) is 0 Å². The van der Waals surface area contributed by atoms with Crippen molar-refractivity contribution in [3.63, 3.8) is 0 Å². The summed E-state index contributed by atoms with van der Waals surface area (Å²) in [6.45, 7) is 6.70. The second kappa shape index (κ2) is 8.08. The highest BCUT2D eigenvalue weighted by molar-refractivity contribution is 8.13. The number of thioether (sulfide) groups is 1. The van der Waals surface area contributed by atoms with Crippen LogP contribution in [0.1, 0.15) is 19.8 Å². The average molecular weight is 175 g/mol. The normalized spacial score (nSPS) is 10.0. The highest BCUT2D eigenvalue weighted by atomic mass is 32.2. The lowest BCUT2D eigenvalue weighted by Gasteiger charge is -1.99. The molecule has 0 rings (SSSR count). The molecule has 0 aromatic carbocycles. The fraction of sp³-hybridized carbons (Fsp3) is 0.750. The van der Waals surface area contributed by atoms with Crippen LogP contribution in [0.5, 0.6) is 0 Å². The number of ether oxygens (including phenoxy) is 1. The zero-order chi connectivity index (χ0) is 8.53. The molecule has 1 radical (unpaired) electrons. The van der Waals surface area contributed by atoms with Crippen molar-refractivity contribution in [1.82, 2.24) is 0 Å². The zero-order valence-corrected chi connectivity index (χ0v) is 7.78. The summed E-state index contributed by atoms with van der Waals surface area (Å²) >= 11 is 1.35. The molecule has 0 unspecified atom stereocenters. The number of rotatable bonds is 6. The van der Waals surface area contributed by atoms with E-state index >= 15 is 0 Å². The fourth-order valence-corrected chi connectivity index (χ4v) is 1.13. The molecule has 65 valence electrons. The summed E-state index contributed by atoms with van der Waals surface area (Å²) < 4.78 is 5.18. The van der Waals surface area contributed by atoms with Crippen LogP contribution >= 0.6 is 11.8 Å². The molecule has 0 aromatic rings. The standard InChI is InChI=1S/C8H15O2S/c1-3-5-10-6-4-7-11-8(2)9/h1,3-7H2,2H3. The Bertz CT molecular complexity index is 104. The Labute approximate surface area is 72.7 Å². The van der Waals surface area contributed by atoms with Crippen LogP contribution in [-0.4, -0.2) is 24.1 Å².